The van der Waals surface area contributed by atoms with E-state index in [-0.39, 0.29) is 49.6 Å². The normalized spacial score (nSPS) is 13.5. The Bertz CT molecular complexity index is 1560. The van der Waals surface area contributed by atoms with Gasteiger partial charge in [-0.05, 0) is 35.4 Å². The van der Waals surface area contributed by atoms with Crippen molar-refractivity contribution in [3.8, 4) is 17.2 Å². The number of aromatic nitrogens is 3. The molecule has 186 valence electrons. The number of aromatic amines is 1. The Kier molecular flexibility index (Phi) is 5.52. The van der Waals surface area contributed by atoms with Crippen LogP contribution in [0.25, 0.3) is 11.0 Å². The number of nitrogens with one attached hydrogen (secondary N) is 4. The van der Waals surface area contributed by atoms with E-state index < -0.39 is 5.91 Å². The fraction of sp³-hybridized carbons (Fsp3) is 0.160. The van der Waals surface area contributed by atoms with E-state index in [2.05, 4.69) is 30.9 Å². The summed E-state index contributed by atoms with van der Waals surface area (Å²) in [5.41, 5.74) is 3.23. The van der Waals surface area contributed by atoms with Gasteiger partial charge in [0.2, 0.25) is 6.79 Å². The molecule has 4 aromatic rings. The monoisotopic (exact) mass is 500 g/mol. The number of benzene rings is 2. The molecule has 12 heteroatoms. The van der Waals surface area contributed by atoms with Gasteiger partial charge in [0.15, 0.2) is 23.8 Å². The van der Waals surface area contributed by atoms with Crippen LogP contribution >= 0.6 is 0 Å². The second-order valence-corrected chi connectivity index (χ2v) is 8.37. The average Bonchev–Trinajstić information content (AvgIpc) is 3.57. The first kappa shape index (κ1) is 22.3. The van der Waals surface area contributed by atoms with Crippen molar-refractivity contribution >= 4 is 34.4 Å². The molecule has 3 amide bonds. The van der Waals surface area contributed by atoms with E-state index in [0.29, 0.717) is 34.0 Å². The summed E-state index contributed by atoms with van der Waals surface area (Å²) >= 11 is 0. The quantitative estimate of drug-likeness (QED) is 0.313. The van der Waals surface area contributed by atoms with Gasteiger partial charge in [0, 0.05) is 19.3 Å². The third kappa shape index (κ3) is 4.35. The fourth-order valence-electron chi connectivity index (χ4n) is 4.12. The maximum absolute atomic E-state index is 12.9. The Morgan fingerprint density at radius 1 is 0.892 bits per heavy atom. The molecule has 2 aliphatic rings. The van der Waals surface area contributed by atoms with E-state index in [9.17, 15) is 14.4 Å². The lowest BCUT2D eigenvalue weighted by Gasteiger charge is -2.18. The summed E-state index contributed by atoms with van der Waals surface area (Å²) in [6.07, 6.45) is 2.74. The highest BCUT2D eigenvalue weighted by molar-refractivity contribution is 6.10. The van der Waals surface area contributed by atoms with Crippen molar-refractivity contribution in [2.24, 2.45) is 0 Å². The lowest BCUT2D eigenvalue weighted by molar-refractivity contribution is -0.118. The maximum Gasteiger partial charge on any atom is 0.272 e. The van der Waals surface area contributed by atoms with E-state index in [1.807, 2.05) is 12.1 Å². The second-order valence-electron chi connectivity index (χ2n) is 8.37. The summed E-state index contributed by atoms with van der Waals surface area (Å²) < 4.78 is 16.0. The molecule has 2 aliphatic heterocycles. The standard InChI is InChI=1S/C25H20N6O6/c32-20-10-35-17-3-1-13(5-16(17)31-20)7-28-25(34)23-22-21(29-11-30-23)15(9-26-22)24(33)27-8-14-2-4-18-19(6-14)37-12-36-18/h1-6,9,11,26H,7-8,10,12H2,(H,27,33)(H,28,34)(H,31,32). The molecular weight excluding hydrogens is 480 g/mol. The van der Waals surface area contributed by atoms with Crippen molar-refractivity contribution in [3.63, 3.8) is 0 Å². The Morgan fingerprint density at radius 3 is 2.51 bits per heavy atom. The van der Waals surface area contributed by atoms with Gasteiger partial charge >= 0.3 is 0 Å². The molecule has 0 saturated heterocycles. The first-order valence-electron chi connectivity index (χ1n) is 11.4. The number of nitrogens with zero attached hydrogens (tertiary/aromatic N) is 2. The molecule has 4 heterocycles. The molecule has 6 rings (SSSR count). The zero-order valence-corrected chi connectivity index (χ0v) is 19.3. The van der Waals surface area contributed by atoms with E-state index in [1.165, 1.54) is 12.5 Å². The third-order valence-electron chi connectivity index (χ3n) is 5.94. The van der Waals surface area contributed by atoms with Gasteiger partial charge in [0.25, 0.3) is 17.7 Å². The molecule has 0 saturated carbocycles. The van der Waals surface area contributed by atoms with Crippen molar-refractivity contribution in [3.05, 3.63) is 71.3 Å². The molecule has 2 aromatic carbocycles. The average molecular weight is 500 g/mol. The predicted octanol–water partition coefficient (Wildman–Crippen LogP) is 1.88. The SMILES string of the molecule is O=C1COc2ccc(CNC(=O)c3ncnc4c(C(=O)NCc5ccc6c(c5)OCO6)c[nH]c34)cc2N1. The number of fused-ring (bicyclic) bond motifs is 3. The van der Waals surface area contributed by atoms with Crippen LogP contribution in [0.4, 0.5) is 5.69 Å². The summed E-state index contributed by atoms with van der Waals surface area (Å²) in [7, 11) is 0. The van der Waals surface area contributed by atoms with Crippen molar-refractivity contribution in [2.75, 3.05) is 18.7 Å². The Balaban J connectivity index is 1.14. The number of H-pyrrole nitrogens is 1. The highest BCUT2D eigenvalue weighted by atomic mass is 16.7. The number of carbonyl (C=O) groups excluding carboxylic acids is 3. The zero-order chi connectivity index (χ0) is 25.4. The van der Waals surface area contributed by atoms with Gasteiger partial charge < -0.3 is 35.1 Å². The van der Waals surface area contributed by atoms with Crippen LogP contribution in [0.3, 0.4) is 0 Å². The highest BCUT2D eigenvalue weighted by Gasteiger charge is 2.21. The van der Waals surface area contributed by atoms with Crippen molar-refractivity contribution in [1.82, 2.24) is 25.6 Å². The number of ether oxygens (including phenoxy) is 3. The lowest BCUT2D eigenvalue weighted by atomic mass is 10.1. The molecule has 0 atom stereocenters. The molecule has 2 aromatic heterocycles. The minimum atomic E-state index is -0.445. The molecule has 0 bridgehead atoms. The topological polar surface area (TPSA) is 157 Å². The van der Waals surface area contributed by atoms with Crippen LogP contribution in [0.15, 0.2) is 48.9 Å². The zero-order valence-electron chi connectivity index (χ0n) is 19.3. The van der Waals surface area contributed by atoms with E-state index in [1.54, 1.807) is 24.3 Å². The van der Waals surface area contributed by atoms with Crippen LogP contribution in [0.1, 0.15) is 32.0 Å². The number of amides is 3. The Labute approximate surface area is 209 Å². The molecule has 0 aliphatic carbocycles. The van der Waals surface area contributed by atoms with Gasteiger partial charge in [-0.25, -0.2) is 9.97 Å². The lowest BCUT2D eigenvalue weighted by Crippen LogP contribution is -2.26. The van der Waals surface area contributed by atoms with Crippen LogP contribution in [0, 0.1) is 0 Å². The van der Waals surface area contributed by atoms with E-state index in [0.717, 1.165) is 11.1 Å². The third-order valence-corrected chi connectivity index (χ3v) is 5.94. The summed E-state index contributed by atoms with van der Waals surface area (Å²) in [5, 5.41) is 8.39. The van der Waals surface area contributed by atoms with Crippen LogP contribution in [0.2, 0.25) is 0 Å². The molecule has 12 nitrogen and oxygen atoms in total. The van der Waals surface area contributed by atoms with Gasteiger partial charge in [0.05, 0.1) is 16.8 Å². The molecule has 0 radical (unpaired) electrons. The predicted molar refractivity (Wildman–Crippen MR) is 129 cm³/mol. The van der Waals surface area contributed by atoms with Crippen LogP contribution < -0.4 is 30.2 Å². The molecule has 4 N–H and O–H groups in total. The van der Waals surface area contributed by atoms with E-state index in [4.69, 9.17) is 14.2 Å². The van der Waals surface area contributed by atoms with Gasteiger partial charge in [0.1, 0.15) is 17.6 Å². The molecule has 0 spiro atoms. The van der Waals surface area contributed by atoms with Gasteiger partial charge in [-0.2, -0.15) is 0 Å². The molecular formula is C25H20N6O6. The fourth-order valence-corrected chi connectivity index (χ4v) is 4.12. The van der Waals surface area contributed by atoms with Crippen molar-refractivity contribution in [1.29, 1.82) is 0 Å². The number of carbonyl (C=O) groups is 3. The number of hydrogen-bond donors (Lipinski definition) is 4. The largest absolute Gasteiger partial charge is 0.482 e. The minimum absolute atomic E-state index is 0.0264. The Morgan fingerprint density at radius 2 is 1.65 bits per heavy atom. The second kappa shape index (κ2) is 9.15. The molecule has 0 unspecified atom stereocenters. The van der Waals surface area contributed by atoms with Gasteiger partial charge in [-0.15, -0.1) is 0 Å². The summed E-state index contributed by atoms with van der Waals surface area (Å²) in [6.45, 7) is 0.613. The minimum Gasteiger partial charge on any atom is -0.482 e. The smallest absolute Gasteiger partial charge is 0.272 e. The van der Waals surface area contributed by atoms with E-state index >= 15 is 0 Å². The van der Waals surface area contributed by atoms with Gasteiger partial charge in [-0.3, -0.25) is 14.4 Å². The van der Waals surface area contributed by atoms with Crippen LogP contribution in [0.5, 0.6) is 17.2 Å². The first-order valence-corrected chi connectivity index (χ1v) is 11.4. The summed E-state index contributed by atoms with van der Waals surface area (Å²) in [5.74, 6) is 0.839. The van der Waals surface area contributed by atoms with Crippen LogP contribution in [-0.4, -0.2) is 46.1 Å². The summed E-state index contributed by atoms with van der Waals surface area (Å²) in [4.78, 5) is 48.6. The molecule has 37 heavy (non-hydrogen) atoms. The number of hydrogen-bond acceptors (Lipinski definition) is 8. The van der Waals surface area contributed by atoms with Crippen molar-refractivity contribution < 1.29 is 28.6 Å². The maximum atomic E-state index is 12.9. The first-order chi connectivity index (χ1) is 18.0. The van der Waals surface area contributed by atoms with Gasteiger partial charge in [-0.1, -0.05) is 12.1 Å². The van der Waals surface area contributed by atoms with Crippen LogP contribution in [-0.2, 0) is 17.9 Å². The summed E-state index contributed by atoms with van der Waals surface area (Å²) in [6, 6.07) is 10.7. The number of rotatable bonds is 6. The highest BCUT2D eigenvalue weighted by Crippen LogP contribution is 2.32. The van der Waals surface area contributed by atoms with Crippen molar-refractivity contribution in [2.45, 2.75) is 13.1 Å². The Hall–Kier alpha value is -5.13. The molecule has 0 fully saturated rings. The number of anilines is 1.